The van der Waals surface area contributed by atoms with Crippen molar-refractivity contribution in [1.82, 2.24) is 4.98 Å². The summed E-state index contributed by atoms with van der Waals surface area (Å²) in [5, 5.41) is 13.4. The molecule has 0 unspecified atom stereocenters. The number of rotatable bonds is 6. The molecule has 1 N–H and O–H groups in total. The summed E-state index contributed by atoms with van der Waals surface area (Å²) < 4.78 is 52.1. The highest BCUT2D eigenvalue weighted by atomic mass is 19.3. The van der Waals surface area contributed by atoms with Gasteiger partial charge in [-0.05, 0) is 19.1 Å². The second kappa shape index (κ2) is 9.55. The number of anilines is 2. The summed E-state index contributed by atoms with van der Waals surface area (Å²) in [7, 11) is 1.57. The van der Waals surface area contributed by atoms with Gasteiger partial charge in [0.05, 0.1) is 43.1 Å². The van der Waals surface area contributed by atoms with Gasteiger partial charge in [-0.2, -0.15) is 5.26 Å². The first-order chi connectivity index (χ1) is 15.9. The second-order valence-corrected chi connectivity index (χ2v) is 7.72. The third kappa shape index (κ3) is 4.52. The van der Waals surface area contributed by atoms with Crippen molar-refractivity contribution in [2.45, 2.75) is 19.4 Å². The number of nitrogens with one attached hydrogen (secondary N) is 1. The Balaban J connectivity index is 1.79. The van der Waals surface area contributed by atoms with Crippen LogP contribution in [0.1, 0.15) is 36.2 Å². The van der Waals surface area contributed by atoms with Gasteiger partial charge in [-0.15, -0.1) is 0 Å². The highest BCUT2D eigenvalue weighted by Gasteiger charge is 2.22. The molecule has 0 amide bonds. The molecule has 0 aliphatic carbocycles. The highest BCUT2D eigenvalue weighted by Crippen LogP contribution is 2.37. The van der Waals surface area contributed by atoms with Crippen molar-refractivity contribution in [1.29, 1.82) is 5.26 Å². The standard InChI is InChI=1S/C24H23F3N4O2/c1-14(16-4-3-5-17(23(16)25)24(26)27)29-19-10-15(13-28)30-20-12-22(32-2)21(11-18(19)20)31-6-8-33-9-7-31/h3-5,10-12,14,24H,6-9H2,1-2H3,(H,29,30)/t14-/m1/s1. The quantitative estimate of drug-likeness (QED) is 0.550. The van der Waals surface area contributed by atoms with Gasteiger partial charge < -0.3 is 19.7 Å². The zero-order valence-electron chi connectivity index (χ0n) is 18.2. The maximum atomic E-state index is 14.7. The molecule has 2 heterocycles. The summed E-state index contributed by atoms with van der Waals surface area (Å²) in [6.07, 6.45) is -2.91. The Labute approximate surface area is 189 Å². The van der Waals surface area contributed by atoms with Gasteiger partial charge in [0.1, 0.15) is 23.3 Å². The first-order valence-corrected chi connectivity index (χ1v) is 10.5. The Bertz CT molecular complexity index is 1210. The van der Waals surface area contributed by atoms with E-state index in [1.165, 1.54) is 12.1 Å². The van der Waals surface area contributed by atoms with Crippen LogP contribution in [0.4, 0.5) is 24.5 Å². The minimum atomic E-state index is -2.91. The van der Waals surface area contributed by atoms with Crippen LogP contribution in [0.25, 0.3) is 10.9 Å². The molecular weight excluding hydrogens is 433 g/mol. The monoisotopic (exact) mass is 456 g/mol. The second-order valence-electron chi connectivity index (χ2n) is 7.72. The number of pyridine rings is 1. The number of nitrogens with zero attached hydrogens (tertiary/aromatic N) is 3. The average Bonchev–Trinajstić information content (AvgIpc) is 2.83. The molecule has 3 aromatic rings. The van der Waals surface area contributed by atoms with Gasteiger partial charge >= 0.3 is 0 Å². The van der Waals surface area contributed by atoms with E-state index in [2.05, 4.69) is 15.2 Å². The Morgan fingerprint density at radius 2 is 1.91 bits per heavy atom. The number of benzene rings is 2. The van der Waals surface area contributed by atoms with E-state index in [-0.39, 0.29) is 11.3 Å². The lowest BCUT2D eigenvalue weighted by Gasteiger charge is -2.30. The van der Waals surface area contributed by atoms with E-state index in [9.17, 15) is 18.4 Å². The largest absolute Gasteiger partial charge is 0.495 e. The fourth-order valence-electron chi connectivity index (χ4n) is 4.02. The van der Waals surface area contributed by atoms with Crippen molar-refractivity contribution in [2.24, 2.45) is 0 Å². The van der Waals surface area contributed by atoms with Gasteiger partial charge in [-0.1, -0.05) is 18.2 Å². The number of nitriles is 1. The molecule has 0 saturated carbocycles. The summed E-state index contributed by atoms with van der Waals surface area (Å²) in [4.78, 5) is 6.52. The Hall–Kier alpha value is -3.51. The molecule has 1 aliphatic heterocycles. The van der Waals surface area contributed by atoms with E-state index in [4.69, 9.17) is 9.47 Å². The van der Waals surface area contributed by atoms with Crippen LogP contribution < -0.4 is 15.0 Å². The lowest BCUT2D eigenvalue weighted by Crippen LogP contribution is -2.36. The van der Waals surface area contributed by atoms with Crippen LogP contribution in [0, 0.1) is 17.1 Å². The smallest absolute Gasteiger partial charge is 0.266 e. The molecule has 1 atom stereocenters. The molecule has 9 heteroatoms. The third-order valence-corrected chi connectivity index (χ3v) is 5.71. The summed E-state index contributed by atoms with van der Waals surface area (Å²) >= 11 is 0. The van der Waals surface area contributed by atoms with Gasteiger partial charge in [0.15, 0.2) is 0 Å². The zero-order valence-corrected chi connectivity index (χ0v) is 18.2. The van der Waals surface area contributed by atoms with E-state index in [0.717, 1.165) is 11.8 Å². The van der Waals surface area contributed by atoms with Crippen LogP contribution in [-0.4, -0.2) is 38.4 Å². The van der Waals surface area contributed by atoms with Crippen molar-refractivity contribution in [3.05, 3.63) is 59.0 Å². The van der Waals surface area contributed by atoms with Crippen LogP contribution in [0.5, 0.6) is 5.75 Å². The molecule has 33 heavy (non-hydrogen) atoms. The van der Waals surface area contributed by atoms with Gasteiger partial charge in [0, 0.05) is 35.8 Å². The van der Waals surface area contributed by atoms with Crippen molar-refractivity contribution in [2.75, 3.05) is 43.6 Å². The number of alkyl halides is 2. The van der Waals surface area contributed by atoms with Crippen LogP contribution >= 0.6 is 0 Å². The molecule has 0 radical (unpaired) electrons. The van der Waals surface area contributed by atoms with Crippen molar-refractivity contribution in [3.8, 4) is 11.8 Å². The number of halogens is 3. The number of morpholine rings is 1. The van der Waals surface area contributed by atoms with Gasteiger partial charge in [0.25, 0.3) is 6.43 Å². The number of fused-ring (bicyclic) bond motifs is 1. The van der Waals surface area contributed by atoms with E-state index in [0.29, 0.717) is 48.6 Å². The maximum Gasteiger partial charge on any atom is 0.266 e. The molecule has 6 nitrogen and oxygen atoms in total. The number of methoxy groups -OCH3 is 1. The molecule has 0 bridgehead atoms. The number of hydrogen-bond donors (Lipinski definition) is 1. The predicted molar refractivity (Wildman–Crippen MR) is 119 cm³/mol. The topological polar surface area (TPSA) is 70.4 Å². The molecule has 172 valence electrons. The van der Waals surface area contributed by atoms with Crippen LogP contribution in [0.15, 0.2) is 36.4 Å². The molecule has 1 saturated heterocycles. The molecule has 1 fully saturated rings. The summed E-state index contributed by atoms with van der Waals surface area (Å²) in [5.41, 5.74) is 1.56. The van der Waals surface area contributed by atoms with Crippen LogP contribution in [0.3, 0.4) is 0 Å². The van der Waals surface area contributed by atoms with Crippen LogP contribution in [-0.2, 0) is 4.74 Å². The Morgan fingerprint density at radius 3 is 2.58 bits per heavy atom. The predicted octanol–water partition coefficient (Wildman–Crippen LogP) is 5.20. The lowest BCUT2D eigenvalue weighted by atomic mass is 10.0. The highest BCUT2D eigenvalue weighted by molar-refractivity contribution is 5.96. The number of aromatic nitrogens is 1. The van der Waals surface area contributed by atoms with Gasteiger partial charge in [0.2, 0.25) is 0 Å². The van der Waals surface area contributed by atoms with E-state index in [1.807, 2.05) is 12.1 Å². The van der Waals surface area contributed by atoms with E-state index >= 15 is 0 Å². The molecule has 1 aliphatic rings. The minimum absolute atomic E-state index is 0.109. The molecule has 4 rings (SSSR count). The van der Waals surface area contributed by atoms with Crippen LogP contribution in [0.2, 0.25) is 0 Å². The zero-order chi connectivity index (χ0) is 23.5. The third-order valence-electron chi connectivity index (χ3n) is 5.71. The fourth-order valence-corrected chi connectivity index (χ4v) is 4.02. The Kier molecular flexibility index (Phi) is 6.56. The first kappa shape index (κ1) is 22.7. The molecule has 0 spiro atoms. The van der Waals surface area contributed by atoms with Crippen molar-refractivity contribution >= 4 is 22.3 Å². The van der Waals surface area contributed by atoms with E-state index < -0.39 is 23.8 Å². The average molecular weight is 456 g/mol. The summed E-state index contributed by atoms with van der Waals surface area (Å²) in [5.74, 6) is -0.330. The number of hydrogen-bond acceptors (Lipinski definition) is 6. The molecule has 2 aromatic carbocycles. The molecular formula is C24H23F3N4O2. The lowest BCUT2D eigenvalue weighted by molar-refractivity contribution is 0.122. The molecule has 1 aromatic heterocycles. The van der Waals surface area contributed by atoms with E-state index in [1.54, 1.807) is 26.2 Å². The first-order valence-electron chi connectivity index (χ1n) is 10.5. The summed E-state index contributed by atoms with van der Waals surface area (Å²) in [6.45, 7) is 4.24. The summed E-state index contributed by atoms with van der Waals surface area (Å²) in [6, 6.07) is 10.6. The van der Waals surface area contributed by atoms with Gasteiger partial charge in [-0.25, -0.2) is 18.2 Å². The Morgan fingerprint density at radius 1 is 1.18 bits per heavy atom. The SMILES string of the molecule is COc1cc2nc(C#N)cc(N[C@H](C)c3cccc(C(F)F)c3F)c2cc1N1CCOCC1. The van der Waals surface area contributed by atoms with Crippen molar-refractivity contribution in [3.63, 3.8) is 0 Å². The van der Waals surface area contributed by atoms with Crippen molar-refractivity contribution < 1.29 is 22.6 Å². The normalized spacial score (nSPS) is 14.9. The number of ether oxygens (including phenoxy) is 2. The fraction of sp³-hybridized carbons (Fsp3) is 0.333. The maximum absolute atomic E-state index is 14.7. The van der Waals surface area contributed by atoms with Gasteiger partial charge in [-0.3, -0.25) is 0 Å². The minimum Gasteiger partial charge on any atom is -0.495 e.